The Kier molecular flexibility index (Phi) is 2.11. The van der Waals surface area contributed by atoms with Crippen molar-refractivity contribution < 1.29 is 4.79 Å². The fraction of sp³-hybridized carbons (Fsp3) is 0.667. The Balaban J connectivity index is 1.73. The number of fused-ring (bicyclic) bond motifs is 2. The molecule has 0 spiro atoms. The third-order valence-corrected chi connectivity index (χ3v) is 4.18. The zero-order chi connectivity index (χ0) is 10.3. The van der Waals surface area contributed by atoms with Crippen molar-refractivity contribution in [3.63, 3.8) is 0 Å². The highest BCUT2D eigenvalue weighted by atomic mass is 16.1. The molecule has 0 amide bonds. The van der Waals surface area contributed by atoms with Crippen LogP contribution in [-0.4, -0.2) is 15.8 Å². The Bertz CT molecular complexity index is 371. The highest BCUT2D eigenvalue weighted by molar-refractivity contribution is 5.71. The van der Waals surface area contributed by atoms with Crippen LogP contribution in [0.1, 0.15) is 36.2 Å². The molecule has 2 aliphatic rings. The summed E-state index contributed by atoms with van der Waals surface area (Å²) in [5.41, 5.74) is 0.720. The molecule has 3 heteroatoms. The topological polar surface area (TPSA) is 34.9 Å². The van der Waals surface area contributed by atoms with Crippen molar-refractivity contribution in [1.82, 2.24) is 9.55 Å². The van der Waals surface area contributed by atoms with E-state index >= 15 is 0 Å². The van der Waals surface area contributed by atoms with Gasteiger partial charge in [0.05, 0.1) is 12.5 Å². The minimum absolute atomic E-state index is 0.720. The summed E-state index contributed by atoms with van der Waals surface area (Å²) >= 11 is 0. The molecule has 3 nitrogen and oxygen atoms in total. The summed E-state index contributed by atoms with van der Waals surface area (Å²) in [6.45, 7) is 0.995. The number of carbonyl (C=O) groups excluding carboxylic acids is 1. The Morgan fingerprint density at radius 1 is 1.47 bits per heavy atom. The fourth-order valence-electron chi connectivity index (χ4n) is 3.43. The van der Waals surface area contributed by atoms with Crippen LogP contribution in [0.15, 0.2) is 12.5 Å². The van der Waals surface area contributed by atoms with E-state index in [9.17, 15) is 4.79 Å². The van der Waals surface area contributed by atoms with Crippen LogP contribution in [0.25, 0.3) is 0 Å². The Morgan fingerprint density at radius 2 is 2.40 bits per heavy atom. The van der Waals surface area contributed by atoms with Gasteiger partial charge in [0, 0.05) is 6.54 Å². The van der Waals surface area contributed by atoms with E-state index in [0.29, 0.717) is 0 Å². The number of hydrogen-bond acceptors (Lipinski definition) is 2. The van der Waals surface area contributed by atoms with Gasteiger partial charge in [0.1, 0.15) is 5.69 Å². The SMILES string of the molecule is O=Cc1cncn1CC1CC2CCC1C2. The van der Waals surface area contributed by atoms with E-state index in [2.05, 4.69) is 4.98 Å². The van der Waals surface area contributed by atoms with Crippen molar-refractivity contribution in [3.05, 3.63) is 18.2 Å². The number of carbonyl (C=O) groups is 1. The van der Waals surface area contributed by atoms with E-state index in [1.54, 1.807) is 12.5 Å². The van der Waals surface area contributed by atoms with Gasteiger partial charge in [0.25, 0.3) is 0 Å². The van der Waals surface area contributed by atoms with E-state index < -0.39 is 0 Å². The minimum Gasteiger partial charge on any atom is -0.328 e. The molecule has 80 valence electrons. The molecular weight excluding hydrogens is 188 g/mol. The van der Waals surface area contributed by atoms with E-state index in [4.69, 9.17) is 0 Å². The van der Waals surface area contributed by atoms with Gasteiger partial charge in [0.2, 0.25) is 0 Å². The number of hydrogen-bond donors (Lipinski definition) is 0. The first-order valence-corrected chi connectivity index (χ1v) is 5.82. The van der Waals surface area contributed by atoms with E-state index in [-0.39, 0.29) is 0 Å². The third-order valence-electron chi connectivity index (χ3n) is 4.18. The van der Waals surface area contributed by atoms with Gasteiger partial charge in [-0.2, -0.15) is 0 Å². The molecule has 3 unspecified atom stereocenters. The van der Waals surface area contributed by atoms with Gasteiger partial charge >= 0.3 is 0 Å². The normalized spacial score (nSPS) is 33.5. The van der Waals surface area contributed by atoms with Crippen LogP contribution in [0.2, 0.25) is 0 Å². The second-order valence-corrected chi connectivity index (χ2v) is 5.02. The van der Waals surface area contributed by atoms with Gasteiger partial charge in [-0.1, -0.05) is 6.42 Å². The molecule has 0 radical (unpaired) electrons. The summed E-state index contributed by atoms with van der Waals surface area (Å²) < 4.78 is 2.01. The lowest BCUT2D eigenvalue weighted by atomic mass is 9.89. The van der Waals surface area contributed by atoms with Gasteiger partial charge in [-0.25, -0.2) is 4.98 Å². The lowest BCUT2D eigenvalue weighted by molar-refractivity contribution is 0.111. The van der Waals surface area contributed by atoms with Crippen LogP contribution in [0.4, 0.5) is 0 Å². The molecular formula is C12H16N2O. The monoisotopic (exact) mass is 204 g/mol. The molecule has 0 aliphatic heterocycles. The van der Waals surface area contributed by atoms with E-state index in [0.717, 1.165) is 36.3 Å². The van der Waals surface area contributed by atoms with Gasteiger partial charge in [0.15, 0.2) is 6.29 Å². The second kappa shape index (κ2) is 3.47. The van der Waals surface area contributed by atoms with Crippen molar-refractivity contribution in [2.75, 3.05) is 0 Å². The van der Waals surface area contributed by atoms with Gasteiger partial charge in [-0.3, -0.25) is 4.79 Å². The van der Waals surface area contributed by atoms with Crippen LogP contribution in [-0.2, 0) is 6.54 Å². The first-order chi connectivity index (χ1) is 7.36. The summed E-state index contributed by atoms with van der Waals surface area (Å²) in [7, 11) is 0. The van der Waals surface area contributed by atoms with Crippen LogP contribution >= 0.6 is 0 Å². The second-order valence-electron chi connectivity index (χ2n) is 5.02. The maximum absolute atomic E-state index is 10.8. The number of aromatic nitrogens is 2. The van der Waals surface area contributed by atoms with Crippen LogP contribution in [0.5, 0.6) is 0 Å². The molecule has 2 bridgehead atoms. The first kappa shape index (κ1) is 9.13. The lowest BCUT2D eigenvalue weighted by Crippen LogP contribution is -2.17. The maximum atomic E-state index is 10.8. The zero-order valence-corrected chi connectivity index (χ0v) is 8.80. The molecule has 3 rings (SSSR count). The Labute approximate surface area is 89.5 Å². The molecule has 3 atom stereocenters. The number of nitrogens with zero attached hydrogens (tertiary/aromatic N) is 2. The average molecular weight is 204 g/mol. The number of imidazole rings is 1. The van der Waals surface area contributed by atoms with Crippen molar-refractivity contribution >= 4 is 6.29 Å². The molecule has 2 aliphatic carbocycles. The maximum Gasteiger partial charge on any atom is 0.168 e. The van der Waals surface area contributed by atoms with Gasteiger partial charge < -0.3 is 4.57 Å². The lowest BCUT2D eigenvalue weighted by Gasteiger charge is -2.22. The van der Waals surface area contributed by atoms with Gasteiger partial charge in [-0.15, -0.1) is 0 Å². The quantitative estimate of drug-likeness (QED) is 0.707. The van der Waals surface area contributed by atoms with E-state index in [1.165, 1.54) is 25.7 Å². The first-order valence-electron chi connectivity index (χ1n) is 5.82. The predicted molar refractivity (Wildman–Crippen MR) is 56.6 cm³/mol. The number of rotatable bonds is 3. The molecule has 2 saturated carbocycles. The highest BCUT2D eigenvalue weighted by Crippen LogP contribution is 2.48. The molecule has 1 aromatic rings. The Hall–Kier alpha value is -1.12. The molecule has 15 heavy (non-hydrogen) atoms. The molecule has 0 saturated heterocycles. The summed E-state index contributed by atoms with van der Waals surface area (Å²) in [6.07, 6.45) is 9.97. The largest absolute Gasteiger partial charge is 0.328 e. The van der Waals surface area contributed by atoms with Crippen LogP contribution in [0, 0.1) is 17.8 Å². The standard InChI is InChI=1S/C12H16N2O/c15-7-12-5-13-8-14(12)6-11-4-9-1-2-10(11)3-9/h5,7-11H,1-4,6H2. The molecule has 1 heterocycles. The van der Waals surface area contributed by atoms with Crippen molar-refractivity contribution in [3.8, 4) is 0 Å². The molecule has 2 fully saturated rings. The van der Waals surface area contributed by atoms with Crippen molar-refractivity contribution in [1.29, 1.82) is 0 Å². The van der Waals surface area contributed by atoms with Gasteiger partial charge in [-0.05, 0) is 37.0 Å². The summed E-state index contributed by atoms with van der Waals surface area (Å²) in [5.74, 6) is 2.68. The highest BCUT2D eigenvalue weighted by Gasteiger charge is 2.39. The molecule has 0 N–H and O–H groups in total. The summed E-state index contributed by atoms with van der Waals surface area (Å²) in [5, 5.41) is 0. The fourth-order valence-corrected chi connectivity index (χ4v) is 3.43. The minimum atomic E-state index is 0.720. The van der Waals surface area contributed by atoms with Crippen molar-refractivity contribution in [2.45, 2.75) is 32.2 Å². The third kappa shape index (κ3) is 1.50. The zero-order valence-electron chi connectivity index (χ0n) is 8.80. The number of aldehydes is 1. The summed E-state index contributed by atoms with van der Waals surface area (Å²) in [6, 6.07) is 0. The predicted octanol–water partition coefficient (Wildman–Crippen LogP) is 2.13. The van der Waals surface area contributed by atoms with Crippen LogP contribution < -0.4 is 0 Å². The van der Waals surface area contributed by atoms with E-state index in [1.807, 2.05) is 4.57 Å². The average Bonchev–Trinajstić information content (AvgIpc) is 2.92. The van der Waals surface area contributed by atoms with Crippen LogP contribution in [0.3, 0.4) is 0 Å². The Morgan fingerprint density at radius 3 is 3.07 bits per heavy atom. The molecule has 0 aromatic carbocycles. The summed E-state index contributed by atoms with van der Waals surface area (Å²) in [4.78, 5) is 14.8. The van der Waals surface area contributed by atoms with Crippen molar-refractivity contribution in [2.24, 2.45) is 17.8 Å². The smallest absolute Gasteiger partial charge is 0.168 e. The molecule has 1 aromatic heterocycles.